The number of thiocarbonyl (C=S) groups is 1. The van der Waals surface area contributed by atoms with E-state index in [1.165, 1.54) is 30.0 Å². The van der Waals surface area contributed by atoms with Crippen molar-refractivity contribution in [1.29, 1.82) is 5.26 Å². The molecule has 196 valence electrons. The number of nitrogens with zero attached hydrogens (tertiary/aromatic N) is 3. The van der Waals surface area contributed by atoms with Gasteiger partial charge in [-0.15, -0.1) is 0 Å². The molecular weight excluding hydrogens is 514 g/mol. The summed E-state index contributed by atoms with van der Waals surface area (Å²) in [7, 11) is 0. The molecule has 1 fully saturated rings. The first kappa shape index (κ1) is 27.9. The van der Waals surface area contributed by atoms with E-state index in [4.69, 9.17) is 22.6 Å². The molecule has 2 aromatic rings. The predicted octanol–water partition coefficient (Wildman–Crippen LogP) is 3.94. The van der Waals surface area contributed by atoms with E-state index in [-0.39, 0.29) is 47.9 Å². The summed E-state index contributed by atoms with van der Waals surface area (Å²) in [6.45, 7) is 1.55. The summed E-state index contributed by atoms with van der Waals surface area (Å²) in [5, 5.41) is 22.7. The molecule has 0 radical (unpaired) electrons. The average Bonchev–Trinajstić information content (AvgIpc) is 2.80. The number of aliphatic hydroxyl groups is 1. The Balaban J connectivity index is 1.91. The van der Waals surface area contributed by atoms with Crippen molar-refractivity contribution in [2.24, 2.45) is 0 Å². The predicted molar refractivity (Wildman–Crippen MR) is 130 cm³/mol. The Morgan fingerprint density at radius 3 is 2.51 bits per heavy atom. The van der Waals surface area contributed by atoms with Gasteiger partial charge in [-0.1, -0.05) is 12.2 Å². The number of carbonyl (C=O) groups is 2. The van der Waals surface area contributed by atoms with E-state index in [1.54, 1.807) is 0 Å². The number of nitrogens with one attached hydrogen (secondary N) is 2. The van der Waals surface area contributed by atoms with Crippen LogP contribution in [0.2, 0.25) is 0 Å². The maximum Gasteiger partial charge on any atom is 0.419 e. The van der Waals surface area contributed by atoms with Gasteiger partial charge in [0.15, 0.2) is 5.69 Å². The number of alkyl halides is 3. The van der Waals surface area contributed by atoms with Gasteiger partial charge in [-0.05, 0) is 56.9 Å². The number of hydrogen-bond acceptors (Lipinski definition) is 6. The first-order valence-corrected chi connectivity index (χ1v) is 11.6. The molecule has 0 spiro atoms. The molecule has 0 atom stereocenters. The Morgan fingerprint density at radius 1 is 1.30 bits per heavy atom. The number of carbonyl (C=O) groups excluding carboxylic acids is 2. The van der Waals surface area contributed by atoms with Gasteiger partial charge in [-0.3, -0.25) is 9.59 Å². The van der Waals surface area contributed by atoms with Crippen molar-refractivity contribution in [1.82, 2.24) is 10.3 Å². The molecule has 1 aromatic carbocycles. The maximum atomic E-state index is 14.9. The number of pyridine rings is 1. The van der Waals surface area contributed by atoms with Crippen LogP contribution in [0.1, 0.15) is 54.2 Å². The summed E-state index contributed by atoms with van der Waals surface area (Å²) < 4.78 is 54.9. The van der Waals surface area contributed by atoms with Crippen molar-refractivity contribution in [3.05, 3.63) is 53.1 Å². The Bertz CT molecular complexity index is 1260. The Kier molecular flexibility index (Phi) is 8.45. The highest BCUT2D eigenvalue weighted by Crippen LogP contribution is 2.42. The standard InChI is InChI=1S/C24H23F4N5O3S/c1-14(37)33(16-4-5-17(19(25)11-16)21(35)30-8-3-9-34)23(6-2-7-23)22(36)32-15-10-18(24(26,27)28)20(12-29)31-13-15/h4-5,10-11,13,34H,2-3,6-9H2,1H3,(H,30,35)(H,32,36). The number of aliphatic hydroxyl groups excluding tert-OH is 1. The molecule has 0 saturated heterocycles. The lowest BCUT2D eigenvalue weighted by Gasteiger charge is -2.49. The molecule has 2 amide bonds. The molecule has 1 aliphatic rings. The number of halogens is 4. The second-order valence-electron chi connectivity index (χ2n) is 8.42. The van der Waals surface area contributed by atoms with Crippen LogP contribution in [0.5, 0.6) is 0 Å². The summed E-state index contributed by atoms with van der Waals surface area (Å²) in [5.41, 5.74) is -3.72. The smallest absolute Gasteiger partial charge is 0.396 e. The van der Waals surface area contributed by atoms with E-state index < -0.39 is 40.6 Å². The molecule has 13 heteroatoms. The minimum absolute atomic E-state index is 0.134. The van der Waals surface area contributed by atoms with E-state index >= 15 is 0 Å². The minimum Gasteiger partial charge on any atom is -0.396 e. The van der Waals surface area contributed by atoms with Crippen LogP contribution in [-0.4, -0.2) is 45.6 Å². The Labute approximate surface area is 215 Å². The first-order chi connectivity index (χ1) is 17.4. The second kappa shape index (κ2) is 11.2. The lowest BCUT2D eigenvalue weighted by atomic mass is 9.74. The van der Waals surface area contributed by atoms with E-state index in [1.807, 2.05) is 0 Å². The summed E-state index contributed by atoms with van der Waals surface area (Å²) in [6.07, 6.45) is -2.41. The van der Waals surface area contributed by atoms with Gasteiger partial charge < -0.3 is 20.6 Å². The van der Waals surface area contributed by atoms with Gasteiger partial charge >= 0.3 is 6.18 Å². The first-order valence-electron chi connectivity index (χ1n) is 11.2. The quantitative estimate of drug-likeness (QED) is 0.265. The van der Waals surface area contributed by atoms with Crippen LogP contribution in [0.25, 0.3) is 0 Å². The number of nitriles is 1. The molecule has 1 saturated carbocycles. The molecule has 37 heavy (non-hydrogen) atoms. The largest absolute Gasteiger partial charge is 0.419 e. The van der Waals surface area contributed by atoms with Crippen LogP contribution < -0.4 is 15.5 Å². The van der Waals surface area contributed by atoms with E-state index in [2.05, 4.69) is 15.6 Å². The molecule has 1 heterocycles. The van der Waals surface area contributed by atoms with Crippen LogP contribution in [-0.2, 0) is 11.0 Å². The van der Waals surface area contributed by atoms with Crippen LogP contribution >= 0.6 is 12.2 Å². The molecule has 0 aliphatic heterocycles. The highest BCUT2D eigenvalue weighted by Gasteiger charge is 2.50. The van der Waals surface area contributed by atoms with Gasteiger partial charge in [0.25, 0.3) is 11.8 Å². The lowest BCUT2D eigenvalue weighted by molar-refractivity contribution is -0.138. The zero-order valence-corrected chi connectivity index (χ0v) is 20.5. The van der Waals surface area contributed by atoms with Crippen molar-refractivity contribution in [2.45, 2.75) is 44.3 Å². The third-order valence-corrected chi connectivity index (χ3v) is 6.16. The fourth-order valence-corrected chi connectivity index (χ4v) is 4.36. The van der Waals surface area contributed by atoms with Gasteiger partial charge in [0.1, 0.15) is 17.4 Å². The zero-order valence-electron chi connectivity index (χ0n) is 19.7. The number of aromatic nitrogens is 1. The Morgan fingerprint density at radius 2 is 2.00 bits per heavy atom. The second-order valence-corrected chi connectivity index (χ2v) is 9.01. The van der Waals surface area contributed by atoms with Crippen molar-refractivity contribution < 1.29 is 32.3 Å². The molecular formula is C24H23F4N5O3S. The number of amides is 2. The Hall–Kier alpha value is -3.63. The van der Waals surface area contributed by atoms with Crippen LogP contribution in [0.4, 0.5) is 28.9 Å². The number of anilines is 2. The van der Waals surface area contributed by atoms with Gasteiger partial charge in [0.05, 0.1) is 28.0 Å². The summed E-state index contributed by atoms with van der Waals surface area (Å²) in [6, 6.07) is 5.75. The maximum absolute atomic E-state index is 14.9. The normalized spacial score (nSPS) is 14.2. The highest BCUT2D eigenvalue weighted by atomic mass is 32.1. The van der Waals surface area contributed by atoms with Crippen molar-refractivity contribution in [2.75, 3.05) is 23.4 Å². The molecule has 0 bridgehead atoms. The number of hydrogen-bond donors (Lipinski definition) is 3. The summed E-state index contributed by atoms with van der Waals surface area (Å²) in [5.74, 6) is -2.21. The molecule has 3 rings (SSSR count). The van der Waals surface area contributed by atoms with Gasteiger partial charge in [-0.25, -0.2) is 9.37 Å². The van der Waals surface area contributed by atoms with E-state index in [9.17, 15) is 27.2 Å². The summed E-state index contributed by atoms with van der Waals surface area (Å²) >= 11 is 5.36. The molecule has 0 unspecified atom stereocenters. The van der Waals surface area contributed by atoms with Crippen molar-refractivity contribution in [3.63, 3.8) is 0 Å². The summed E-state index contributed by atoms with van der Waals surface area (Å²) in [4.78, 5) is 30.8. The zero-order chi connectivity index (χ0) is 27.4. The third kappa shape index (κ3) is 5.86. The number of rotatable bonds is 8. The lowest BCUT2D eigenvalue weighted by Crippen LogP contribution is -2.63. The van der Waals surface area contributed by atoms with Gasteiger partial charge in [-0.2, -0.15) is 18.4 Å². The third-order valence-electron chi connectivity index (χ3n) is 5.98. The molecule has 3 N–H and O–H groups in total. The van der Waals surface area contributed by atoms with Crippen LogP contribution in [0.15, 0.2) is 30.5 Å². The van der Waals surface area contributed by atoms with Gasteiger partial charge in [0.2, 0.25) is 0 Å². The SMILES string of the molecule is CC(=S)N(c1ccc(C(=O)NCCCO)c(F)c1)C1(C(=O)Nc2cnc(C#N)c(C(F)(F)F)c2)CCC1. The highest BCUT2D eigenvalue weighted by molar-refractivity contribution is 7.80. The molecule has 8 nitrogen and oxygen atoms in total. The topological polar surface area (TPSA) is 118 Å². The van der Waals surface area contributed by atoms with E-state index in [0.717, 1.165) is 12.3 Å². The van der Waals surface area contributed by atoms with Crippen LogP contribution in [0, 0.1) is 17.1 Å². The van der Waals surface area contributed by atoms with Crippen molar-refractivity contribution in [3.8, 4) is 6.07 Å². The fraction of sp³-hybridized carbons (Fsp3) is 0.375. The fourth-order valence-electron chi connectivity index (χ4n) is 4.08. The van der Waals surface area contributed by atoms with Crippen LogP contribution in [0.3, 0.4) is 0 Å². The number of benzene rings is 1. The average molecular weight is 538 g/mol. The monoisotopic (exact) mass is 537 g/mol. The van der Waals surface area contributed by atoms with Crippen molar-refractivity contribution >= 4 is 40.4 Å². The molecule has 1 aliphatic carbocycles. The molecule has 1 aromatic heterocycles. The van der Waals surface area contributed by atoms with Gasteiger partial charge in [0, 0.05) is 18.8 Å². The minimum atomic E-state index is -4.85. The van der Waals surface area contributed by atoms with E-state index in [0.29, 0.717) is 18.9 Å².